The summed E-state index contributed by atoms with van der Waals surface area (Å²) in [5.74, 6) is -0.381. The number of hydrogen-bond donors (Lipinski definition) is 1. The molecule has 1 N–H and O–H groups in total. The molecule has 0 saturated carbocycles. The van der Waals surface area contributed by atoms with E-state index in [1.807, 2.05) is 43.3 Å². The molecule has 0 bridgehead atoms. The number of nitrogens with zero attached hydrogens (tertiary/aromatic N) is 2. The van der Waals surface area contributed by atoms with E-state index in [-0.39, 0.29) is 16.4 Å². The van der Waals surface area contributed by atoms with Gasteiger partial charge < -0.3 is 10.2 Å². The summed E-state index contributed by atoms with van der Waals surface area (Å²) in [6.07, 6.45) is 0. The van der Waals surface area contributed by atoms with E-state index in [1.165, 1.54) is 19.2 Å². The minimum Gasteiger partial charge on any atom is -0.322 e. The first-order chi connectivity index (χ1) is 14.7. The zero-order valence-corrected chi connectivity index (χ0v) is 19.1. The van der Waals surface area contributed by atoms with Crippen LogP contribution in [-0.4, -0.2) is 40.4 Å². The molecule has 0 saturated heterocycles. The highest BCUT2D eigenvalue weighted by Crippen LogP contribution is 2.25. The van der Waals surface area contributed by atoms with E-state index < -0.39 is 10.0 Å². The van der Waals surface area contributed by atoms with Gasteiger partial charge in [0.1, 0.15) is 0 Å². The topological polar surface area (TPSA) is 69.7 Å². The molecule has 31 heavy (non-hydrogen) atoms. The number of carbonyl (C=O) groups excluding carboxylic acids is 1. The van der Waals surface area contributed by atoms with Crippen LogP contribution in [0.5, 0.6) is 0 Å². The molecule has 0 heterocycles. The highest BCUT2D eigenvalue weighted by Gasteiger charge is 2.23. The van der Waals surface area contributed by atoms with Crippen LogP contribution in [0.3, 0.4) is 0 Å². The lowest BCUT2D eigenvalue weighted by Gasteiger charge is -2.20. The Morgan fingerprint density at radius 1 is 0.935 bits per heavy atom. The van der Waals surface area contributed by atoms with E-state index in [2.05, 4.69) is 5.32 Å². The van der Waals surface area contributed by atoms with E-state index in [0.29, 0.717) is 22.9 Å². The second kappa shape index (κ2) is 9.51. The number of carbonyl (C=O) groups is 1. The van der Waals surface area contributed by atoms with Gasteiger partial charge in [-0.15, -0.1) is 0 Å². The molecule has 3 aromatic rings. The van der Waals surface area contributed by atoms with Crippen LogP contribution in [0.25, 0.3) is 0 Å². The fourth-order valence-electron chi connectivity index (χ4n) is 3.08. The van der Waals surface area contributed by atoms with Crippen LogP contribution >= 0.6 is 11.6 Å². The third-order valence-corrected chi connectivity index (χ3v) is 6.70. The minimum atomic E-state index is -3.87. The zero-order valence-electron chi connectivity index (χ0n) is 17.5. The van der Waals surface area contributed by atoms with Crippen molar-refractivity contribution < 1.29 is 13.2 Å². The Hall–Kier alpha value is -2.87. The molecule has 162 valence electrons. The summed E-state index contributed by atoms with van der Waals surface area (Å²) in [4.78, 5) is 14.9. The van der Waals surface area contributed by atoms with Crippen molar-refractivity contribution >= 4 is 38.9 Å². The highest BCUT2D eigenvalue weighted by atomic mass is 35.5. The maximum absolute atomic E-state index is 13.1. The average Bonchev–Trinajstić information content (AvgIpc) is 2.74. The number of amides is 1. The second-order valence-corrected chi connectivity index (χ2v) is 9.73. The first kappa shape index (κ1) is 22.8. The molecule has 3 rings (SSSR count). The van der Waals surface area contributed by atoms with Crippen LogP contribution in [0.4, 0.5) is 11.4 Å². The summed E-state index contributed by atoms with van der Waals surface area (Å²) in [6, 6.07) is 20.1. The smallest absolute Gasteiger partial charge is 0.264 e. The molecule has 1 amide bonds. The Morgan fingerprint density at radius 3 is 2.35 bits per heavy atom. The van der Waals surface area contributed by atoms with Crippen molar-refractivity contribution in [1.82, 2.24) is 4.90 Å². The number of halogens is 1. The largest absolute Gasteiger partial charge is 0.322 e. The zero-order chi connectivity index (χ0) is 22.6. The van der Waals surface area contributed by atoms with Crippen LogP contribution in [0.15, 0.2) is 77.7 Å². The van der Waals surface area contributed by atoms with Gasteiger partial charge in [-0.3, -0.25) is 9.10 Å². The minimum absolute atomic E-state index is 0.0178. The van der Waals surface area contributed by atoms with E-state index in [9.17, 15) is 13.2 Å². The van der Waals surface area contributed by atoms with E-state index in [4.69, 9.17) is 11.6 Å². The molecule has 0 radical (unpaired) electrons. The molecule has 0 spiro atoms. The Labute approximate surface area is 188 Å². The normalized spacial score (nSPS) is 11.4. The second-order valence-electron chi connectivity index (χ2n) is 7.33. The molecule has 0 aliphatic carbocycles. The monoisotopic (exact) mass is 457 g/mol. The van der Waals surface area contributed by atoms with Crippen molar-refractivity contribution in [1.29, 1.82) is 0 Å². The van der Waals surface area contributed by atoms with Crippen molar-refractivity contribution in [2.75, 3.05) is 30.8 Å². The Bertz CT molecular complexity index is 1200. The summed E-state index contributed by atoms with van der Waals surface area (Å²) in [5.41, 5.74) is 2.33. The lowest BCUT2D eigenvalue weighted by atomic mass is 10.1. The SMILES string of the molecule is CN(C)Cc1ccccc1NC(=O)c1cccc(S(=O)(=O)N(C)c2cccc(Cl)c2)c1. The van der Waals surface area contributed by atoms with Crippen molar-refractivity contribution in [3.63, 3.8) is 0 Å². The average molecular weight is 458 g/mol. The van der Waals surface area contributed by atoms with Gasteiger partial charge in [-0.05, 0) is 62.1 Å². The predicted molar refractivity (Wildman–Crippen MR) is 125 cm³/mol. The Morgan fingerprint density at radius 2 is 1.65 bits per heavy atom. The van der Waals surface area contributed by atoms with Crippen LogP contribution in [0, 0.1) is 0 Å². The Balaban J connectivity index is 1.87. The van der Waals surface area contributed by atoms with E-state index in [1.54, 1.807) is 36.4 Å². The molecule has 3 aromatic carbocycles. The summed E-state index contributed by atoms with van der Waals surface area (Å²) in [7, 11) is 1.47. The molecule has 0 aromatic heterocycles. The molecular formula is C23H24ClN3O3S. The van der Waals surface area contributed by atoms with Gasteiger partial charge in [-0.25, -0.2) is 8.42 Å². The van der Waals surface area contributed by atoms with Gasteiger partial charge in [0, 0.05) is 29.9 Å². The van der Waals surface area contributed by atoms with Gasteiger partial charge in [-0.2, -0.15) is 0 Å². The summed E-state index contributed by atoms with van der Waals surface area (Å²) in [5, 5.41) is 3.32. The number of para-hydroxylation sites is 1. The highest BCUT2D eigenvalue weighted by molar-refractivity contribution is 7.92. The molecule has 8 heteroatoms. The van der Waals surface area contributed by atoms with Crippen LogP contribution in [-0.2, 0) is 16.6 Å². The number of rotatable bonds is 7. The predicted octanol–water partition coefficient (Wildman–Crippen LogP) is 4.48. The number of sulfonamides is 1. The van der Waals surface area contributed by atoms with Crippen LogP contribution in [0.1, 0.15) is 15.9 Å². The molecule has 0 aliphatic rings. The molecule has 0 fully saturated rings. The standard InChI is InChI=1S/C23H24ClN3O3S/c1-26(2)16-18-8-4-5-13-22(18)25-23(28)17-9-6-12-21(14-17)31(29,30)27(3)20-11-7-10-19(24)15-20/h4-15H,16H2,1-3H3,(H,25,28). The van der Waals surface area contributed by atoms with Gasteiger partial charge in [0.2, 0.25) is 0 Å². The van der Waals surface area contributed by atoms with Gasteiger partial charge >= 0.3 is 0 Å². The molecule has 0 aliphatic heterocycles. The van der Waals surface area contributed by atoms with Crippen LogP contribution < -0.4 is 9.62 Å². The molecule has 0 unspecified atom stereocenters. The fourth-order valence-corrected chi connectivity index (χ4v) is 4.50. The van der Waals surface area contributed by atoms with Crippen molar-refractivity contribution in [2.24, 2.45) is 0 Å². The van der Waals surface area contributed by atoms with Crippen molar-refractivity contribution in [3.05, 3.63) is 88.9 Å². The third kappa shape index (κ3) is 5.44. The first-order valence-corrected chi connectivity index (χ1v) is 11.4. The quantitative estimate of drug-likeness (QED) is 0.568. The number of anilines is 2. The lowest BCUT2D eigenvalue weighted by Crippen LogP contribution is -2.27. The Kier molecular flexibility index (Phi) is 7.00. The summed E-state index contributed by atoms with van der Waals surface area (Å²) >= 11 is 6.00. The van der Waals surface area contributed by atoms with Gasteiger partial charge in [0.15, 0.2) is 0 Å². The van der Waals surface area contributed by atoms with E-state index >= 15 is 0 Å². The van der Waals surface area contributed by atoms with Crippen molar-refractivity contribution in [3.8, 4) is 0 Å². The number of hydrogen-bond acceptors (Lipinski definition) is 4. The molecule has 6 nitrogen and oxygen atoms in total. The third-order valence-electron chi connectivity index (χ3n) is 4.68. The van der Waals surface area contributed by atoms with Crippen LogP contribution in [0.2, 0.25) is 5.02 Å². The van der Waals surface area contributed by atoms with E-state index in [0.717, 1.165) is 9.87 Å². The lowest BCUT2D eigenvalue weighted by molar-refractivity contribution is 0.102. The van der Waals surface area contributed by atoms with Gasteiger partial charge in [0.25, 0.3) is 15.9 Å². The maximum Gasteiger partial charge on any atom is 0.264 e. The summed E-state index contributed by atoms with van der Waals surface area (Å²) < 4.78 is 27.3. The first-order valence-electron chi connectivity index (χ1n) is 9.57. The number of nitrogens with one attached hydrogen (secondary N) is 1. The number of benzene rings is 3. The van der Waals surface area contributed by atoms with Gasteiger partial charge in [-0.1, -0.05) is 41.9 Å². The molecule has 0 atom stereocenters. The van der Waals surface area contributed by atoms with Crippen molar-refractivity contribution in [2.45, 2.75) is 11.4 Å². The van der Waals surface area contributed by atoms with Gasteiger partial charge in [0.05, 0.1) is 10.6 Å². The molecular weight excluding hydrogens is 434 g/mol. The maximum atomic E-state index is 13.1. The fraction of sp³-hybridized carbons (Fsp3) is 0.174. The summed E-state index contributed by atoms with van der Waals surface area (Å²) in [6.45, 7) is 0.662.